The number of carbonyl (C=O) groups excluding carboxylic acids is 2. The van der Waals surface area contributed by atoms with E-state index < -0.39 is 12.2 Å². The molecule has 9 heteroatoms. The summed E-state index contributed by atoms with van der Waals surface area (Å²) in [7, 11) is 0. The van der Waals surface area contributed by atoms with Crippen LogP contribution in [0, 0.1) is 6.92 Å². The van der Waals surface area contributed by atoms with E-state index in [0.29, 0.717) is 16.5 Å². The second kappa shape index (κ2) is 8.09. The summed E-state index contributed by atoms with van der Waals surface area (Å²) in [5.41, 5.74) is 4.91. The van der Waals surface area contributed by atoms with Crippen molar-refractivity contribution in [1.29, 1.82) is 0 Å². The lowest BCUT2D eigenvalue weighted by molar-refractivity contribution is 0.138. The van der Waals surface area contributed by atoms with Gasteiger partial charge in [0.15, 0.2) is 10.8 Å². The quantitative estimate of drug-likeness (QED) is 0.683. The Labute approximate surface area is 160 Å². The zero-order valence-corrected chi connectivity index (χ0v) is 16.1. The summed E-state index contributed by atoms with van der Waals surface area (Å²) in [4.78, 5) is 29.9. The molecule has 2 aromatic heterocycles. The van der Waals surface area contributed by atoms with Gasteiger partial charge in [-0.2, -0.15) is 5.01 Å². The number of hydrazine groups is 1. The predicted octanol–water partition coefficient (Wildman–Crippen LogP) is 4.00. The van der Waals surface area contributed by atoms with Crippen LogP contribution in [0.3, 0.4) is 0 Å². The van der Waals surface area contributed by atoms with E-state index in [4.69, 9.17) is 9.47 Å². The van der Waals surface area contributed by atoms with E-state index in [9.17, 15) is 9.59 Å². The van der Waals surface area contributed by atoms with Crippen LogP contribution in [0.5, 0.6) is 0 Å². The smallest absolute Gasteiger partial charge is 0.435 e. The minimum atomic E-state index is -0.759. The number of thiazole rings is 1. The van der Waals surface area contributed by atoms with Crippen molar-refractivity contribution in [3.05, 3.63) is 41.4 Å². The Kier molecular flexibility index (Phi) is 5.60. The normalized spacial score (nSPS) is 10.6. The molecule has 2 heterocycles. The first-order valence-corrected chi connectivity index (χ1v) is 9.36. The number of aryl methyl sites for hydroxylation is 1. The maximum Gasteiger partial charge on any atom is 0.435 e. The first kappa shape index (κ1) is 18.7. The van der Waals surface area contributed by atoms with E-state index in [1.54, 1.807) is 24.4 Å². The molecule has 1 aromatic carbocycles. The second-order valence-electron chi connectivity index (χ2n) is 5.57. The van der Waals surface area contributed by atoms with Gasteiger partial charge in [0, 0.05) is 17.1 Å². The molecule has 0 atom stereocenters. The van der Waals surface area contributed by atoms with Gasteiger partial charge in [0.05, 0.1) is 13.2 Å². The molecular weight excluding hydrogens is 368 g/mol. The SMILES string of the molecule is CCOC(=O)NN(C(=O)OCC)c1c(-c2ccc(C)cc2)nc2sccn12. The number of rotatable bonds is 4. The molecule has 0 saturated carbocycles. The molecule has 3 rings (SSSR count). The van der Waals surface area contributed by atoms with E-state index >= 15 is 0 Å². The van der Waals surface area contributed by atoms with E-state index in [1.807, 2.05) is 36.6 Å². The fourth-order valence-electron chi connectivity index (χ4n) is 2.52. The molecule has 0 saturated heterocycles. The van der Waals surface area contributed by atoms with Crippen molar-refractivity contribution in [2.24, 2.45) is 0 Å². The van der Waals surface area contributed by atoms with Crippen LogP contribution in [-0.2, 0) is 9.47 Å². The number of fused-ring (bicyclic) bond motifs is 1. The number of hydrogen-bond acceptors (Lipinski definition) is 6. The summed E-state index contributed by atoms with van der Waals surface area (Å²) in [5, 5.41) is 2.88. The highest BCUT2D eigenvalue weighted by Gasteiger charge is 2.28. The van der Waals surface area contributed by atoms with Crippen LogP contribution in [0.4, 0.5) is 15.4 Å². The third-order valence-corrected chi connectivity index (χ3v) is 4.46. The number of carbonyl (C=O) groups is 2. The topological polar surface area (TPSA) is 85.2 Å². The van der Waals surface area contributed by atoms with Crippen molar-refractivity contribution < 1.29 is 19.1 Å². The van der Waals surface area contributed by atoms with Crippen molar-refractivity contribution in [2.75, 3.05) is 18.2 Å². The number of ether oxygens (including phenoxy) is 2. The van der Waals surface area contributed by atoms with E-state index in [0.717, 1.165) is 16.1 Å². The van der Waals surface area contributed by atoms with Crippen LogP contribution in [0.1, 0.15) is 19.4 Å². The maximum absolute atomic E-state index is 12.6. The Bertz CT molecular complexity index is 948. The highest BCUT2D eigenvalue weighted by atomic mass is 32.1. The fraction of sp³-hybridized carbons (Fsp3) is 0.278. The number of nitrogens with one attached hydrogen (secondary N) is 1. The molecule has 0 aliphatic rings. The van der Waals surface area contributed by atoms with Crippen LogP contribution in [0.25, 0.3) is 16.2 Å². The standard InChI is InChI=1S/C18H20N4O4S/c1-4-25-17(23)20-22(18(24)26-5-2)15-14(13-8-6-12(3)7-9-13)19-16-21(15)10-11-27-16/h6-11H,4-5H2,1-3H3,(H,20,23). The first-order valence-electron chi connectivity index (χ1n) is 8.48. The lowest BCUT2D eigenvalue weighted by Crippen LogP contribution is -2.47. The second-order valence-corrected chi connectivity index (χ2v) is 6.45. The van der Waals surface area contributed by atoms with Gasteiger partial charge >= 0.3 is 12.2 Å². The fourth-order valence-corrected chi connectivity index (χ4v) is 3.23. The summed E-state index contributed by atoms with van der Waals surface area (Å²) >= 11 is 1.42. The Morgan fingerprint density at radius 2 is 1.89 bits per heavy atom. The van der Waals surface area contributed by atoms with Gasteiger partial charge in [0.2, 0.25) is 0 Å². The Morgan fingerprint density at radius 3 is 2.56 bits per heavy atom. The minimum Gasteiger partial charge on any atom is -0.449 e. The van der Waals surface area contributed by atoms with Gasteiger partial charge in [-0.05, 0) is 20.8 Å². The summed E-state index contributed by atoms with van der Waals surface area (Å²) in [6.45, 7) is 5.70. The molecule has 0 fully saturated rings. The van der Waals surface area contributed by atoms with E-state index in [-0.39, 0.29) is 13.2 Å². The third kappa shape index (κ3) is 3.87. The molecule has 27 heavy (non-hydrogen) atoms. The number of anilines is 1. The molecule has 2 amide bonds. The molecule has 142 valence electrons. The first-order chi connectivity index (χ1) is 13.0. The molecule has 8 nitrogen and oxygen atoms in total. The lowest BCUT2D eigenvalue weighted by atomic mass is 10.1. The molecule has 1 N–H and O–H groups in total. The number of nitrogens with zero attached hydrogens (tertiary/aromatic N) is 3. The average Bonchev–Trinajstić information content (AvgIpc) is 3.22. The van der Waals surface area contributed by atoms with Gasteiger partial charge in [-0.15, -0.1) is 11.3 Å². The van der Waals surface area contributed by atoms with E-state index in [1.165, 1.54) is 11.3 Å². The van der Waals surface area contributed by atoms with Crippen molar-refractivity contribution in [3.63, 3.8) is 0 Å². The highest BCUT2D eigenvalue weighted by Crippen LogP contribution is 2.33. The van der Waals surface area contributed by atoms with Crippen molar-refractivity contribution >= 4 is 34.3 Å². The van der Waals surface area contributed by atoms with Crippen molar-refractivity contribution in [2.45, 2.75) is 20.8 Å². The summed E-state index contributed by atoms with van der Waals surface area (Å²) < 4.78 is 11.8. The van der Waals surface area contributed by atoms with Gasteiger partial charge in [-0.25, -0.2) is 20.0 Å². The Balaban J connectivity index is 2.13. The van der Waals surface area contributed by atoms with Gasteiger partial charge in [0.25, 0.3) is 0 Å². The maximum atomic E-state index is 12.6. The van der Waals surface area contributed by atoms with Crippen molar-refractivity contribution in [3.8, 4) is 11.3 Å². The zero-order valence-electron chi connectivity index (χ0n) is 15.3. The molecule has 0 aliphatic carbocycles. The number of hydrogen-bond donors (Lipinski definition) is 1. The molecule has 0 bridgehead atoms. The summed E-state index contributed by atoms with van der Waals surface area (Å²) in [5.74, 6) is 0.376. The van der Waals surface area contributed by atoms with Gasteiger partial charge in [-0.3, -0.25) is 4.40 Å². The Hall–Kier alpha value is -3.07. The number of imidazole rings is 1. The van der Waals surface area contributed by atoms with Gasteiger partial charge < -0.3 is 9.47 Å². The molecule has 3 aromatic rings. The number of benzene rings is 1. The molecule has 0 unspecified atom stereocenters. The Morgan fingerprint density at radius 1 is 1.19 bits per heavy atom. The molecular formula is C18H20N4O4S. The summed E-state index contributed by atoms with van der Waals surface area (Å²) in [6.07, 6.45) is 0.288. The lowest BCUT2D eigenvalue weighted by Gasteiger charge is -2.22. The average molecular weight is 388 g/mol. The highest BCUT2D eigenvalue weighted by molar-refractivity contribution is 7.15. The minimum absolute atomic E-state index is 0.158. The van der Waals surface area contributed by atoms with E-state index in [2.05, 4.69) is 10.4 Å². The molecule has 0 radical (unpaired) electrons. The largest absolute Gasteiger partial charge is 0.449 e. The zero-order chi connectivity index (χ0) is 19.4. The van der Waals surface area contributed by atoms with Crippen LogP contribution in [0.15, 0.2) is 35.8 Å². The van der Waals surface area contributed by atoms with Gasteiger partial charge in [0.1, 0.15) is 5.69 Å². The van der Waals surface area contributed by atoms with Gasteiger partial charge in [-0.1, -0.05) is 29.8 Å². The van der Waals surface area contributed by atoms with Crippen LogP contribution in [-0.4, -0.2) is 34.8 Å². The van der Waals surface area contributed by atoms with Crippen LogP contribution in [0.2, 0.25) is 0 Å². The molecule has 0 aliphatic heterocycles. The number of aromatic nitrogens is 2. The van der Waals surface area contributed by atoms with Crippen LogP contribution < -0.4 is 10.4 Å². The van der Waals surface area contributed by atoms with Crippen molar-refractivity contribution in [1.82, 2.24) is 14.8 Å². The molecule has 0 spiro atoms. The van der Waals surface area contributed by atoms with Crippen LogP contribution >= 0.6 is 11.3 Å². The third-order valence-electron chi connectivity index (χ3n) is 3.70. The number of amides is 2. The summed E-state index contributed by atoms with van der Waals surface area (Å²) in [6, 6.07) is 7.75. The monoisotopic (exact) mass is 388 g/mol. The predicted molar refractivity (Wildman–Crippen MR) is 103 cm³/mol.